The molecule has 0 fully saturated rings. The van der Waals surface area contributed by atoms with Crippen LogP contribution in [0.1, 0.15) is 10.4 Å². The lowest BCUT2D eigenvalue weighted by molar-refractivity contribution is -0.120. The van der Waals surface area contributed by atoms with Gasteiger partial charge in [-0.3, -0.25) is 4.79 Å². The summed E-state index contributed by atoms with van der Waals surface area (Å²) in [7, 11) is 0. The number of rotatable bonds is 4. The lowest BCUT2D eigenvalue weighted by Gasteiger charge is -1.98. The quantitative estimate of drug-likeness (QED) is 0.668. The molecular formula is C13H11FN2OS. The standard InChI is InChI=1S/C13H11FN2OS/c14-12-6-2-1-4-10(12)9-15-16-13(17)8-11-5-3-7-18-11/h1-7,9H,8H2,(H,16,17)/b15-9+. The molecule has 0 unspecified atom stereocenters. The molecule has 0 saturated carbocycles. The zero-order valence-electron chi connectivity index (χ0n) is 9.47. The highest BCUT2D eigenvalue weighted by Gasteiger charge is 2.02. The summed E-state index contributed by atoms with van der Waals surface area (Å²) in [6.07, 6.45) is 1.58. The molecule has 2 rings (SSSR count). The van der Waals surface area contributed by atoms with Gasteiger partial charge in [-0.05, 0) is 17.5 Å². The fourth-order valence-corrected chi connectivity index (χ4v) is 2.07. The summed E-state index contributed by atoms with van der Waals surface area (Å²) < 4.78 is 13.2. The van der Waals surface area contributed by atoms with E-state index in [0.717, 1.165) is 4.88 Å². The zero-order chi connectivity index (χ0) is 12.8. The lowest BCUT2D eigenvalue weighted by atomic mass is 10.2. The normalized spacial score (nSPS) is 10.7. The molecule has 2 aromatic rings. The van der Waals surface area contributed by atoms with E-state index in [0.29, 0.717) is 5.56 Å². The van der Waals surface area contributed by atoms with Crippen molar-refractivity contribution < 1.29 is 9.18 Å². The van der Waals surface area contributed by atoms with Crippen LogP contribution in [-0.2, 0) is 11.2 Å². The monoisotopic (exact) mass is 262 g/mol. The summed E-state index contributed by atoms with van der Waals surface area (Å²) in [6, 6.07) is 10.00. The Morgan fingerprint density at radius 2 is 2.17 bits per heavy atom. The van der Waals surface area contributed by atoms with E-state index >= 15 is 0 Å². The number of nitrogens with zero attached hydrogens (tertiary/aromatic N) is 1. The summed E-state index contributed by atoms with van der Waals surface area (Å²) in [4.78, 5) is 12.4. The molecule has 0 aliphatic rings. The van der Waals surface area contributed by atoms with E-state index in [9.17, 15) is 9.18 Å². The van der Waals surface area contributed by atoms with Crippen LogP contribution in [0.2, 0.25) is 0 Å². The smallest absolute Gasteiger partial charge is 0.245 e. The number of carbonyl (C=O) groups is 1. The molecule has 0 atom stereocenters. The summed E-state index contributed by atoms with van der Waals surface area (Å²) in [6.45, 7) is 0. The van der Waals surface area contributed by atoms with Crippen molar-refractivity contribution in [2.24, 2.45) is 5.10 Å². The second-order valence-corrected chi connectivity index (χ2v) is 4.60. The van der Waals surface area contributed by atoms with E-state index in [1.807, 2.05) is 17.5 Å². The SMILES string of the molecule is O=C(Cc1cccs1)N/N=C/c1ccccc1F. The zero-order valence-corrected chi connectivity index (χ0v) is 10.3. The van der Waals surface area contributed by atoms with Gasteiger partial charge in [-0.1, -0.05) is 24.3 Å². The molecule has 0 bridgehead atoms. The molecule has 1 amide bonds. The van der Waals surface area contributed by atoms with Gasteiger partial charge in [0.15, 0.2) is 0 Å². The highest BCUT2D eigenvalue weighted by molar-refractivity contribution is 7.10. The number of hydrogen-bond acceptors (Lipinski definition) is 3. The number of benzene rings is 1. The van der Waals surface area contributed by atoms with Gasteiger partial charge in [-0.2, -0.15) is 5.10 Å². The first-order valence-corrected chi connectivity index (χ1v) is 6.22. The van der Waals surface area contributed by atoms with Crippen molar-refractivity contribution in [2.75, 3.05) is 0 Å². The molecule has 3 nitrogen and oxygen atoms in total. The van der Waals surface area contributed by atoms with Crippen LogP contribution in [0.5, 0.6) is 0 Å². The number of hydrazone groups is 1. The van der Waals surface area contributed by atoms with E-state index in [1.165, 1.54) is 23.6 Å². The second-order valence-electron chi connectivity index (χ2n) is 3.57. The molecule has 1 aromatic heterocycles. The van der Waals surface area contributed by atoms with E-state index in [-0.39, 0.29) is 18.1 Å². The average molecular weight is 262 g/mol. The van der Waals surface area contributed by atoms with Gasteiger partial charge < -0.3 is 0 Å². The minimum atomic E-state index is -0.367. The fourth-order valence-electron chi connectivity index (χ4n) is 1.36. The van der Waals surface area contributed by atoms with Gasteiger partial charge in [0.2, 0.25) is 5.91 Å². The van der Waals surface area contributed by atoms with Gasteiger partial charge in [0.1, 0.15) is 5.82 Å². The van der Waals surface area contributed by atoms with Crippen LogP contribution in [0.4, 0.5) is 4.39 Å². The summed E-state index contributed by atoms with van der Waals surface area (Å²) >= 11 is 1.51. The number of carbonyl (C=O) groups excluding carboxylic acids is 1. The van der Waals surface area contributed by atoms with Crippen molar-refractivity contribution in [3.05, 3.63) is 58.0 Å². The Kier molecular flexibility index (Phi) is 4.20. The van der Waals surface area contributed by atoms with Crippen molar-refractivity contribution in [2.45, 2.75) is 6.42 Å². The van der Waals surface area contributed by atoms with E-state index in [2.05, 4.69) is 10.5 Å². The predicted octanol–water partition coefficient (Wildman–Crippen LogP) is 2.58. The Morgan fingerprint density at radius 3 is 2.89 bits per heavy atom. The van der Waals surface area contributed by atoms with E-state index in [4.69, 9.17) is 0 Å². The number of hydrogen-bond donors (Lipinski definition) is 1. The molecule has 1 heterocycles. The van der Waals surface area contributed by atoms with Crippen molar-refractivity contribution in [3.8, 4) is 0 Å². The highest BCUT2D eigenvalue weighted by Crippen LogP contribution is 2.08. The van der Waals surface area contributed by atoms with Crippen LogP contribution in [0, 0.1) is 5.82 Å². The molecule has 0 spiro atoms. The molecule has 1 aromatic carbocycles. The van der Waals surface area contributed by atoms with E-state index in [1.54, 1.807) is 18.2 Å². The second kappa shape index (κ2) is 6.07. The summed E-state index contributed by atoms with van der Waals surface area (Å²) in [5.41, 5.74) is 2.71. The van der Waals surface area contributed by atoms with Crippen LogP contribution >= 0.6 is 11.3 Å². The Labute approximate surface area is 108 Å². The molecule has 1 N–H and O–H groups in total. The van der Waals surface area contributed by atoms with Crippen LogP contribution < -0.4 is 5.43 Å². The third kappa shape index (κ3) is 3.49. The summed E-state index contributed by atoms with van der Waals surface area (Å²) in [5.74, 6) is -0.584. The van der Waals surface area contributed by atoms with Gasteiger partial charge in [0.05, 0.1) is 12.6 Å². The van der Waals surface area contributed by atoms with Crippen molar-refractivity contribution in [1.82, 2.24) is 5.43 Å². The minimum absolute atomic E-state index is 0.218. The number of halogens is 1. The predicted molar refractivity (Wildman–Crippen MR) is 70.2 cm³/mol. The van der Waals surface area contributed by atoms with Crippen LogP contribution in [0.25, 0.3) is 0 Å². The fraction of sp³-hybridized carbons (Fsp3) is 0.0769. The Balaban J connectivity index is 1.88. The van der Waals surface area contributed by atoms with Gasteiger partial charge >= 0.3 is 0 Å². The first-order chi connectivity index (χ1) is 8.75. The van der Waals surface area contributed by atoms with Crippen molar-refractivity contribution in [1.29, 1.82) is 0 Å². The average Bonchev–Trinajstić information content (AvgIpc) is 2.84. The lowest BCUT2D eigenvalue weighted by Crippen LogP contribution is -2.19. The number of thiophene rings is 1. The number of amides is 1. The number of nitrogens with one attached hydrogen (secondary N) is 1. The molecule has 5 heteroatoms. The van der Waals surface area contributed by atoms with Crippen molar-refractivity contribution in [3.63, 3.8) is 0 Å². The van der Waals surface area contributed by atoms with Crippen molar-refractivity contribution >= 4 is 23.5 Å². The molecule has 0 aliphatic carbocycles. The summed E-state index contributed by atoms with van der Waals surface area (Å²) in [5, 5.41) is 5.63. The molecule has 0 saturated heterocycles. The molecule has 0 radical (unpaired) electrons. The largest absolute Gasteiger partial charge is 0.273 e. The molecule has 0 aliphatic heterocycles. The Hall–Kier alpha value is -2.01. The first-order valence-electron chi connectivity index (χ1n) is 5.34. The maximum absolute atomic E-state index is 13.2. The van der Waals surface area contributed by atoms with Gasteiger partial charge in [-0.15, -0.1) is 11.3 Å². The maximum Gasteiger partial charge on any atom is 0.245 e. The first kappa shape index (κ1) is 12.4. The van der Waals surface area contributed by atoms with Gasteiger partial charge in [-0.25, -0.2) is 9.82 Å². The van der Waals surface area contributed by atoms with Crippen LogP contribution in [0.3, 0.4) is 0 Å². The van der Waals surface area contributed by atoms with Crippen LogP contribution in [-0.4, -0.2) is 12.1 Å². The Morgan fingerprint density at radius 1 is 1.33 bits per heavy atom. The molecular weight excluding hydrogens is 251 g/mol. The van der Waals surface area contributed by atoms with Gasteiger partial charge in [0, 0.05) is 10.4 Å². The minimum Gasteiger partial charge on any atom is -0.273 e. The highest BCUT2D eigenvalue weighted by atomic mass is 32.1. The Bertz CT molecular complexity index is 552. The van der Waals surface area contributed by atoms with Crippen LogP contribution in [0.15, 0.2) is 46.9 Å². The van der Waals surface area contributed by atoms with Gasteiger partial charge in [0.25, 0.3) is 0 Å². The third-order valence-corrected chi connectivity index (χ3v) is 3.09. The topological polar surface area (TPSA) is 41.5 Å². The molecule has 18 heavy (non-hydrogen) atoms. The van der Waals surface area contributed by atoms with E-state index < -0.39 is 0 Å². The maximum atomic E-state index is 13.2. The third-order valence-electron chi connectivity index (χ3n) is 2.21. The molecule has 92 valence electrons.